The molecule has 112 valence electrons. The molecule has 0 bridgehead atoms. The molecule has 0 aliphatic heterocycles. The van der Waals surface area contributed by atoms with E-state index in [-0.39, 0.29) is 11.8 Å². The van der Waals surface area contributed by atoms with Gasteiger partial charge in [0.05, 0.1) is 12.6 Å². The molecule has 1 aromatic heterocycles. The summed E-state index contributed by atoms with van der Waals surface area (Å²) >= 11 is 0. The third-order valence-corrected chi connectivity index (χ3v) is 3.59. The van der Waals surface area contributed by atoms with Crippen molar-refractivity contribution >= 4 is 16.7 Å². The maximum atomic E-state index is 9.98. The highest BCUT2D eigenvalue weighted by Gasteiger charge is 2.12. The van der Waals surface area contributed by atoms with Gasteiger partial charge in [-0.25, -0.2) is 9.97 Å². The van der Waals surface area contributed by atoms with E-state index >= 15 is 0 Å². The number of ether oxygens (including phenoxy) is 1. The molecule has 0 aliphatic carbocycles. The van der Waals surface area contributed by atoms with Gasteiger partial charge in [-0.15, -0.1) is 0 Å². The van der Waals surface area contributed by atoms with Gasteiger partial charge in [0.25, 0.3) is 0 Å². The van der Waals surface area contributed by atoms with Gasteiger partial charge in [0.15, 0.2) is 11.5 Å². The number of fused-ring (bicyclic) bond motifs is 1. The van der Waals surface area contributed by atoms with E-state index in [9.17, 15) is 5.11 Å². The Morgan fingerprint density at radius 3 is 2.64 bits per heavy atom. The highest BCUT2D eigenvalue weighted by molar-refractivity contribution is 5.91. The van der Waals surface area contributed by atoms with E-state index in [0.29, 0.717) is 17.1 Å². The molecule has 0 aliphatic rings. The third kappa shape index (κ3) is 2.65. The number of aromatic nitrogens is 2. The van der Waals surface area contributed by atoms with Crippen molar-refractivity contribution in [1.29, 1.82) is 0 Å². The van der Waals surface area contributed by atoms with Crippen LogP contribution < -0.4 is 10.1 Å². The number of nitrogens with zero attached hydrogens (tertiary/aromatic N) is 2. The third-order valence-electron chi connectivity index (χ3n) is 3.59. The Hall–Kier alpha value is -2.82. The number of methoxy groups -OCH3 is 1. The Labute approximate surface area is 128 Å². The molecule has 0 fully saturated rings. The second-order valence-electron chi connectivity index (χ2n) is 5.04. The topological polar surface area (TPSA) is 67.3 Å². The minimum absolute atomic E-state index is 0.0696. The molecule has 0 spiro atoms. The van der Waals surface area contributed by atoms with Crippen LogP contribution in [0.25, 0.3) is 10.9 Å². The van der Waals surface area contributed by atoms with Gasteiger partial charge in [0.1, 0.15) is 12.1 Å². The molecule has 3 aromatic rings. The lowest BCUT2D eigenvalue weighted by Gasteiger charge is -2.16. The fraction of sp³-hybridized carbons (Fsp3) is 0.176. The molecule has 0 saturated carbocycles. The number of hydrogen-bond donors (Lipinski definition) is 2. The van der Waals surface area contributed by atoms with Gasteiger partial charge < -0.3 is 15.2 Å². The largest absolute Gasteiger partial charge is 0.504 e. The average Bonchev–Trinajstić information content (AvgIpc) is 2.55. The van der Waals surface area contributed by atoms with E-state index in [1.54, 1.807) is 12.1 Å². The summed E-state index contributed by atoms with van der Waals surface area (Å²) in [5.74, 6) is 1.15. The van der Waals surface area contributed by atoms with Crippen LogP contribution in [0.3, 0.4) is 0 Å². The van der Waals surface area contributed by atoms with Crippen LogP contribution in [0.2, 0.25) is 0 Å². The van der Waals surface area contributed by atoms with E-state index in [4.69, 9.17) is 4.74 Å². The van der Waals surface area contributed by atoms with E-state index in [1.165, 1.54) is 13.4 Å². The fourth-order valence-corrected chi connectivity index (χ4v) is 2.38. The zero-order valence-corrected chi connectivity index (χ0v) is 12.4. The molecule has 0 amide bonds. The molecule has 5 heteroatoms. The molecule has 22 heavy (non-hydrogen) atoms. The summed E-state index contributed by atoms with van der Waals surface area (Å²) in [4.78, 5) is 8.52. The van der Waals surface area contributed by atoms with Crippen molar-refractivity contribution in [2.24, 2.45) is 0 Å². The molecule has 5 nitrogen and oxygen atoms in total. The minimum atomic E-state index is 0.0696. The zero-order chi connectivity index (χ0) is 15.5. The predicted molar refractivity (Wildman–Crippen MR) is 86.2 cm³/mol. The van der Waals surface area contributed by atoms with Crippen molar-refractivity contribution in [2.75, 3.05) is 12.4 Å². The van der Waals surface area contributed by atoms with Crippen LogP contribution in [-0.4, -0.2) is 22.2 Å². The van der Waals surface area contributed by atoms with Gasteiger partial charge in [-0.1, -0.05) is 30.3 Å². The second-order valence-corrected chi connectivity index (χ2v) is 5.04. The first-order valence-corrected chi connectivity index (χ1v) is 7.02. The standard InChI is InChI=1S/C17H17N3O2/c1-11(12-6-4-3-5-7-12)20-17-13-8-15(21)16(22-2)9-14(13)18-10-19-17/h3-11,21H,1-2H3,(H,18,19,20)/t11-/m1/s1. The summed E-state index contributed by atoms with van der Waals surface area (Å²) < 4.78 is 5.11. The molecule has 1 atom stereocenters. The quantitative estimate of drug-likeness (QED) is 0.771. The van der Waals surface area contributed by atoms with E-state index in [1.807, 2.05) is 18.2 Å². The molecule has 2 aromatic carbocycles. The van der Waals surface area contributed by atoms with Gasteiger partial charge in [0.2, 0.25) is 0 Å². The number of benzene rings is 2. The van der Waals surface area contributed by atoms with Gasteiger partial charge in [-0.3, -0.25) is 0 Å². The number of anilines is 1. The lowest BCUT2D eigenvalue weighted by molar-refractivity contribution is 0.374. The highest BCUT2D eigenvalue weighted by Crippen LogP contribution is 2.33. The number of rotatable bonds is 4. The van der Waals surface area contributed by atoms with Crippen LogP contribution in [0.4, 0.5) is 5.82 Å². The summed E-state index contributed by atoms with van der Waals surface area (Å²) in [6.07, 6.45) is 1.50. The number of phenolic OH excluding ortho intramolecular Hbond substituents is 1. The average molecular weight is 295 g/mol. The van der Waals surface area contributed by atoms with Crippen molar-refractivity contribution in [1.82, 2.24) is 9.97 Å². The highest BCUT2D eigenvalue weighted by atomic mass is 16.5. The van der Waals surface area contributed by atoms with Crippen molar-refractivity contribution in [3.05, 3.63) is 54.4 Å². The lowest BCUT2D eigenvalue weighted by Crippen LogP contribution is -2.08. The number of nitrogens with one attached hydrogen (secondary N) is 1. The summed E-state index contributed by atoms with van der Waals surface area (Å²) in [6.45, 7) is 2.06. The lowest BCUT2D eigenvalue weighted by atomic mass is 10.1. The normalized spacial score (nSPS) is 12.1. The van der Waals surface area contributed by atoms with E-state index in [2.05, 4.69) is 34.3 Å². The van der Waals surface area contributed by atoms with Crippen LogP contribution in [-0.2, 0) is 0 Å². The maximum Gasteiger partial charge on any atom is 0.162 e. The van der Waals surface area contributed by atoms with Crippen molar-refractivity contribution in [3.8, 4) is 11.5 Å². The van der Waals surface area contributed by atoms with Crippen LogP contribution in [0.5, 0.6) is 11.5 Å². The molecule has 1 heterocycles. The number of phenols is 1. The zero-order valence-electron chi connectivity index (χ0n) is 12.4. The Bertz CT molecular complexity index is 791. The van der Waals surface area contributed by atoms with Crippen molar-refractivity contribution < 1.29 is 9.84 Å². The first-order valence-electron chi connectivity index (χ1n) is 7.02. The van der Waals surface area contributed by atoms with Gasteiger partial charge in [-0.05, 0) is 18.6 Å². The van der Waals surface area contributed by atoms with Crippen LogP contribution in [0.15, 0.2) is 48.8 Å². The Kier molecular flexibility index (Phi) is 3.78. The summed E-state index contributed by atoms with van der Waals surface area (Å²) in [6, 6.07) is 13.5. The van der Waals surface area contributed by atoms with E-state index < -0.39 is 0 Å². The summed E-state index contributed by atoms with van der Waals surface area (Å²) in [5, 5.41) is 14.1. The number of hydrogen-bond acceptors (Lipinski definition) is 5. The van der Waals surface area contributed by atoms with Crippen molar-refractivity contribution in [2.45, 2.75) is 13.0 Å². The van der Waals surface area contributed by atoms with Crippen LogP contribution in [0, 0.1) is 0 Å². The van der Waals surface area contributed by atoms with Crippen LogP contribution in [0.1, 0.15) is 18.5 Å². The molecule has 3 rings (SSSR count). The first-order chi connectivity index (χ1) is 10.7. The molecular formula is C17H17N3O2. The van der Waals surface area contributed by atoms with Crippen molar-refractivity contribution in [3.63, 3.8) is 0 Å². The van der Waals surface area contributed by atoms with Gasteiger partial charge >= 0.3 is 0 Å². The molecule has 0 saturated heterocycles. The van der Waals surface area contributed by atoms with Crippen LogP contribution >= 0.6 is 0 Å². The maximum absolute atomic E-state index is 9.98. The Morgan fingerprint density at radius 2 is 1.91 bits per heavy atom. The smallest absolute Gasteiger partial charge is 0.162 e. The minimum Gasteiger partial charge on any atom is -0.504 e. The first kappa shape index (κ1) is 14.1. The molecular weight excluding hydrogens is 278 g/mol. The molecule has 0 unspecified atom stereocenters. The predicted octanol–water partition coefficient (Wildman–Crippen LogP) is 3.52. The summed E-state index contributed by atoms with van der Waals surface area (Å²) in [7, 11) is 1.51. The number of aromatic hydroxyl groups is 1. The second kappa shape index (κ2) is 5.89. The summed E-state index contributed by atoms with van der Waals surface area (Å²) in [5.41, 5.74) is 1.87. The van der Waals surface area contributed by atoms with Gasteiger partial charge in [0, 0.05) is 17.5 Å². The fourth-order valence-electron chi connectivity index (χ4n) is 2.38. The van der Waals surface area contributed by atoms with Gasteiger partial charge in [-0.2, -0.15) is 0 Å². The van der Waals surface area contributed by atoms with E-state index in [0.717, 1.165) is 10.9 Å². The molecule has 2 N–H and O–H groups in total. The SMILES string of the molecule is COc1cc2ncnc(N[C@H](C)c3ccccc3)c2cc1O. The monoisotopic (exact) mass is 295 g/mol. The Balaban J connectivity index is 1.99. The molecule has 0 radical (unpaired) electrons. The Morgan fingerprint density at radius 1 is 1.14 bits per heavy atom.